The number of imidazole rings is 1. The van der Waals surface area contributed by atoms with E-state index in [1.54, 1.807) is 12.5 Å². The maximum absolute atomic E-state index is 12.0. The first-order valence-electron chi connectivity index (χ1n) is 6.23. The maximum atomic E-state index is 12.0. The number of aromatic amines is 1. The van der Waals surface area contributed by atoms with Crippen LogP contribution in [0.4, 0.5) is 0 Å². The quantitative estimate of drug-likeness (QED) is 0.815. The summed E-state index contributed by atoms with van der Waals surface area (Å²) in [6.45, 7) is 2.80. The molecule has 17 heavy (non-hydrogen) atoms. The Morgan fingerprint density at radius 2 is 2.35 bits per heavy atom. The molecule has 94 valence electrons. The zero-order valence-electron chi connectivity index (χ0n) is 10.3. The molecule has 1 fully saturated rings. The standard InChI is InChI=1S/C12H20N4O/c1-13-5-2-10-3-6-16(7-4-10)12(17)11-8-14-9-15-11/h8-10,13H,2-7H2,1H3,(H,14,15). The van der Waals surface area contributed by atoms with Crippen LogP contribution >= 0.6 is 0 Å². The highest BCUT2D eigenvalue weighted by atomic mass is 16.2. The molecule has 0 spiro atoms. The van der Waals surface area contributed by atoms with Gasteiger partial charge in [0.05, 0.1) is 12.5 Å². The molecule has 0 aromatic carbocycles. The second-order valence-electron chi connectivity index (χ2n) is 4.59. The van der Waals surface area contributed by atoms with Crippen LogP contribution in [0.1, 0.15) is 29.8 Å². The summed E-state index contributed by atoms with van der Waals surface area (Å²) in [6.07, 6.45) is 6.58. The lowest BCUT2D eigenvalue weighted by molar-refractivity contribution is 0.0682. The lowest BCUT2D eigenvalue weighted by Gasteiger charge is -2.31. The van der Waals surface area contributed by atoms with Crippen LogP contribution in [0.2, 0.25) is 0 Å². The molecule has 0 saturated carbocycles. The summed E-state index contributed by atoms with van der Waals surface area (Å²) in [4.78, 5) is 20.7. The van der Waals surface area contributed by atoms with E-state index in [0.29, 0.717) is 5.69 Å². The lowest BCUT2D eigenvalue weighted by Crippen LogP contribution is -2.39. The van der Waals surface area contributed by atoms with Crippen LogP contribution in [0.15, 0.2) is 12.5 Å². The van der Waals surface area contributed by atoms with Gasteiger partial charge in [0, 0.05) is 13.1 Å². The average molecular weight is 236 g/mol. The number of likely N-dealkylation sites (tertiary alicyclic amines) is 1. The molecule has 1 aliphatic heterocycles. The molecule has 2 rings (SSSR count). The molecular weight excluding hydrogens is 216 g/mol. The van der Waals surface area contributed by atoms with Crippen LogP contribution in [0.25, 0.3) is 0 Å². The van der Waals surface area contributed by atoms with E-state index in [0.717, 1.165) is 38.4 Å². The number of piperidine rings is 1. The Bertz CT molecular complexity index is 341. The number of nitrogens with one attached hydrogen (secondary N) is 2. The zero-order valence-corrected chi connectivity index (χ0v) is 10.3. The Morgan fingerprint density at radius 1 is 1.59 bits per heavy atom. The molecule has 0 bridgehead atoms. The number of rotatable bonds is 4. The van der Waals surface area contributed by atoms with Crippen molar-refractivity contribution >= 4 is 5.91 Å². The van der Waals surface area contributed by atoms with Crippen LogP contribution in [0, 0.1) is 5.92 Å². The highest BCUT2D eigenvalue weighted by molar-refractivity contribution is 5.92. The Labute approximate surface area is 102 Å². The van der Waals surface area contributed by atoms with Gasteiger partial charge in [0.25, 0.3) is 5.91 Å². The van der Waals surface area contributed by atoms with Crippen molar-refractivity contribution < 1.29 is 4.79 Å². The number of hydrogen-bond acceptors (Lipinski definition) is 3. The van der Waals surface area contributed by atoms with Gasteiger partial charge in [-0.1, -0.05) is 0 Å². The molecule has 0 aliphatic carbocycles. The summed E-state index contributed by atoms with van der Waals surface area (Å²) < 4.78 is 0. The highest BCUT2D eigenvalue weighted by Gasteiger charge is 2.23. The van der Waals surface area contributed by atoms with E-state index in [1.165, 1.54) is 6.42 Å². The van der Waals surface area contributed by atoms with E-state index < -0.39 is 0 Å². The fraction of sp³-hybridized carbons (Fsp3) is 0.667. The van der Waals surface area contributed by atoms with E-state index in [1.807, 2.05) is 11.9 Å². The fourth-order valence-corrected chi connectivity index (χ4v) is 2.32. The summed E-state index contributed by atoms with van der Waals surface area (Å²) >= 11 is 0. The van der Waals surface area contributed by atoms with Crippen molar-refractivity contribution in [3.05, 3.63) is 18.2 Å². The molecule has 1 amide bonds. The molecular formula is C12H20N4O. The molecule has 5 nitrogen and oxygen atoms in total. The number of amides is 1. The monoisotopic (exact) mass is 236 g/mol. The lowest BCUT2D eigenvalue weighted by atomic mass is 9.93. The Morgan fingerprint density at radius 3 is 2.94 bits per heavy atom. The van der Waals surface area contributed by atoms with Gasteiger partial charge in [-0.25, -0.2) is 4.98 Å². The van der Waals surface area contributed by atoms with Crippen molar-refractivity contribution in [2.24, 2.45) is 5.92 Å². The van der Waals surface area contributed by atoms with Crippen LogP contribution in [-0.2, 0) is 0 Å². The SMILES string of the molecule is CNCCC1CCN(C(=O)c2cnc[nH]2)CC1. The number of hydrogen-bond donors (Lipinski definition) is 2. The third kappa shape index (κ3) is 3.06. The summed E-state index contributed by atoms with van der Waals surface area (Å²) in [6, 6.07) is 0. The van der Waals surface area contributed by atoms with Gasteiger partial charge in [0.15, 0.2) is 0 Å². The number of H-pyrrole nitrogens is 1. The third-order valence-corrected chi connectivity index (χ3v) is 3.43. The van der Waals surface area contributed by atoms with E-state index >= 15 is 0 Å². The minimum absolute atomic E-state index is 0.0783. The molecule has 0 atom stereocenters. The Balaban J connectivity index is 1.81. The van der Waals surface area contributed by atoms with Crippen LogP contribution in [0.5, 0.6) is 0 Å². The van der Waals surface area contributed by atoms with Crippen molar-refractivity contribution in [2.75, 3.05) is 26.7 Å². The van der Waals surface area contributed by atoms with Gasteiger partial charge >= 0.3 is 0 Å². The van der Waals surface area contributed by atoms with Crippen molar-refractivity contribution in [3.8, 4) is 0 Å². The highest BCUT2D eigenvalue weighted by Crippen LogP contribution is 2.20. The molecule has 1 aliphatic rings. The minimum atomic E-state index is 0.0783. The number of carbonyl (C=O) groups is 1. The smallest absolute Gasteiger partial charge is 0.271 e. The minimum Gasteiger partial charge on any atom is -0.341 e. The van der Waals surface area contributed by atoms with Crippen molar-refractivity contribution in [2.45, 2.75) is 19.3 Å². The van der Waals surface area contributed by atoms with Crippen molar-refractivity contribution in [3.63, 3.8) is 0 Å². The molecule has 2 N–H and O–H groups in total. The van der Waals surface area contributed by atoms with Gasteiger partial charge < -0.3 is 15.2 Å². The molecule has 1 aromatic heterocycles. The van der Waals surface area contributed by atoms with Gasteiger partial charge in [0.1, 0.15) is 5.69 Å². The maximum Gasteiger partial charge on any atom is 0.271 e. The Hall–Kier alpha value is -1.36. The van der Waals surface area contributed by atoms with E-state index in [9.17, 15) is 4.79 Å². The molecule has 5 heteroatoms. The summed E-state index contributed by atoms with van der Waals surface area (Å²) in [5.41, 5.74) is 0.596. The van der Waals surface area contributed by atoms with E-state index in [4.69, 9.17) is 0 Å². The van der Waals surface area contributed by atoms with Crippen molar-refractivity contribution in [1.29, 1.82) is 0 Å². The zero-order chi connectivity index (χ0) is 12.1. The van der Waals surface area contributed by atoms with Crippen LogP contribution in [-0.4, -0.2) is 47.5 Å². The van der Waals surface area contributed by atoms with E-state index in [2.05, 4.69) is 15.3 Å². The van der Waals surface area contributed by atoms with Gasteiger partial charge in [0.2, 0.25) is 0 Å². The molecule has 0 radical (unpaired) electrons. The number of aromatic nitrogens is 2. The predicted molar refractivity (Wildman–Crippen MR) is 65.8 cm³/mol. The molecule has 1 aromatic rings. The average Bonchev–Trinajstić information content (AvgIpc) is 2.90. The van der Waals surface area contributed by atoms with Gasteiger partial charge in [-0.15, -0.1) is 0 Å². The third-order valence-electron chi connectivity index (χ3n) is 3.43. The molecule has 2 heterocycles. The molecule has 0 unspecified atom stereocenters. The fourth-order valence-electron chi connectivity index (χ4n) is 2.32. The van der Waals surface area contributed by atoms with Gasteiger partial charge in [-0.05, 0) is 38.8 Å². The number of nitrogens with zero attached hydrogens (tertiary/aromatic N) is 2. The summed E-state index contributed by atoms with van der Waals surface area (Å²) in [5, 5.41) is 3.18. The topological polar surface area (TPSA) is 61.0 Å². The van der Waals surface area contributed by atoms with Crippen LogP contribution < -0.4 is 5.32 Å². The molecule has 1 saturated heterocycles. The predicted octanol–water partition coefficient (Wildman–Crippen LogP) is 0.871. The van der Waals surface area contributed by atoms with Gasteiger partial charge in [-0.3, -0.25) is 4.79 Å². The van der Waals surface area contributed by atoms with Gasteiger partial charge in [-0.2, -0.15) is 0 Å². The number of carbonyl (C=O) groups excluding carboxylic acids is 1. The first-order valence-corrected chi connectivity index (χ1v) is 6.23. The second-order valence-corrected chi connectivity index (χ2v) is 4.59. The van der Waals surface area contributed by atoms with Crippen LogP contribution in [0.3, 0.4) is 0 Å². The van der Waals surface area contributed by atoms with E-state index in [-0.39, 0.29) is 5.91 Å². The second kappa shape index (κ2) is 5.82. The summed E-state index contributed by atoms with van der Waals surface area (Å²) in [7, 11) is 1.98. The first kappa shape index (κ1) is 12.1. The Kier molecular flexibility index (Phi) is 4.14. The summed E-state index contributed by atoms with van der Waals surface area (Å²) in [5.74, 6) is 0.836. The van der Waals surface area contributed by atoms with Crippen molar-refractivity contribution in [1.82, 2.24) is 20.2 Å². The first-order chi connectivity index (χ1) is 8.31. The largest absolute Gasteiger partial charge is 0.341 e. The normalized spacial score (nSPS) is 17.4.